The van der Waals surface area contributed by atoms with Gasteiger partial charge in [-0.1, -0.05) is 6.42 Å². The third-order valence-corrected chi connectivity index (χ3v) is 4.78. The average Bonchev–Trinajstić information content (AvgIpc) is 2.32. The molecule has 1 aromatic rings. The van der Waals surface area contributed by atoms with Crippen molar-refractivity contribution in [3.8, 4) is 0 Å². The van der Waals surface area contributed by atoms with Gasteiger partial charge >= 0.3 is 10.2 Å². The highest BCUT2D eigenvalue weighted by atomic mass is 32.2. The number of pyridine rings is 1. The summed E-state index contributed by atoms with van der Waals surface area (Å²) in [4.78, 5) is 3.83. The van der Waals surface area contributed by atoms with E-state index in [4.69, 9.17) is 5.73 Å². The first kappa shape index (κ1) is 13.1. The van der Waals surface area contributed by atoms with Crippen LogP contribution in [0.3, 0.4) is 0 Å². The van der Waals surface area contributed by atoms with Crippen LogP contribution in [0.2, 0.25) is 0 Å². The van der Waals surface area contributed by atoms with Crippen LogP contribution in [0.4, 0.5) is 11.4 Å². The molecule has 6 nitrogen and oxygen atoms in total. The Morgan fingerprint density at radius 3 is 2.94 bits per heavy atom. The number of piperidine rings is 1. The Morgan fingerprint density at radius 1 is 1.50 bits per heavy atom. The van der Waals surface area contributed by atoms with Gasteiger partial charge in [0, 0.05) is 18.8 Å². The largest absolute Gasteiger partial charge is 0.396 e. The molecule has 3 N–H and O–H groups in total. The SMILES string of the molecule is CC1CCCCN1S(=O)(=O)Nc1ccncc1N. The molecule has 7 heteroatoms. The molecule has 0 aliphatic carbocycles. The molecular weight excluding hydrogens is 252 g/mol. The van der Waals surface area contributed by atoms with Crippen LogP contribution in [0.5, 0.6) is 0 Å². The Hall–Kier alpha value is -1.34. The molecule has 1 saturated heterocycles. The summed E-state index contributed by atoms with van der Waals surface area (Å²) in [7, 11) is -3.53. The molecule has 1 atom stereocenters. The summed E-state index contributed by atoms with van der Waals surface area (Å²) in [5, 5.41) is 0. The van der Waals surface area contributed by atoms with Gasteiger partial charge in [0.1, 0.15) is 0 Å². The van der Waals surface area contributed by atoms with E-state index in [9.17, 15) is 8.42 Å². The predicted molar refractivity (Wildman–Crippen MR) is 71.2 cm³/mol. The molecule has 0 spiro atoms. The van der Waals surface area contributed by atoms with Crippen LogP contribution in [-0.4, -0.2) is 30.3 Å². The van der Waals surface area contributed by atoms with E-state index >= 15 is 0 Å². The van der Waals surface area contributed by atoms with Crippen molar-refractivity contribution < 1.29 is 8.42 Å². The first-order valence-corrected chi connectivity index (χ1v) is 7.44. The topological polar surface area (TPSA) is 88.3 Å². The second kappa shape index (κ2) is 5.11. The lowest BCUT2D eigenvalue weighted by atomic mass is 10.1. The highest BCUT2D eigenvalue weighted by molar-refractivity contribution is 7.90. The van der Waals surface area contributed by atoms with Crippen molar-refractivity contribution in [1.29, 1.82) is 0 Å². The van der Waals surface area contributed by atoms with Gasteiger partial charge in [0.05, 0.1) is 17.6 Å². The van der Waals surface area contributed by atoms with Crippen molar-refractivity contribution in [3.05, 3.63) is 18.5 Å². The van der Waals surface area contributed by atoms with Crippen LogP contribution in [0, 0.1) is 0 Å². The Kier molecular flexibility index (Phi) is 3.72. The fourth-order valence-corrected chi connectivity index (χ4v) is 3.66. The lowest BCUT2D eigenvalue weighted by Gasteiger charge is -2.32. The Labute approximate surface area is 107 Å². The maximum absolute atomic E-state index is 12.3. The third kappa shape index (κ3) is 2.73. The van der Waals surface area contributed by atoms with Gasteiger partial charge in [0.2, 0.25) is 0 Å². The van der Waals surface area contributed by atoms with E-state index < -0.39 is 10.2 Å². The number of hydrogen-bond acceptors (Lipinski definition) is 4. The molecule has 0 saturated carbocycles. The average molecular weight is 270 g/mol. The van der Waals surface area contributed by atoms with Gasteiger partial charge in [-0.05, 0) is 25.8 Å². The standard InChI is InChI=1S/C11H18N4O2S/c1-9-4-2-3-7-15(9)18(16,17)14-11-5-6-13-8-10(11)12/h5-6,8-9H,2-4,7,12H2,1H3,(H,13,14). The summed E-state index contributed by atoms with van der Waals surface area (Å²) in [5.41, 5.74) is 6.39. The van der Waals surface area contributed by atoms with Crippen molar-refractivity contribution >= 4 is 21.6 Å². The van der Waals surface area contributed by atoms with Crippen LogP contribution in [0.1, 0.15) is 26.2 Å². The zero-order chi connectivity index (χ0) is 13.2. The molecular formula is C11H18N4O2S. The number of nitrogens with zero attached hydrogens (tertiary/aromatic N) is 2. The molecule has 0 bridgehead atoms. The van der Waals surface area contributed by atoms with Crippen LogP contribution >= 0.6 is 0 Å². The zero-order valence-corrected chi connectivity index (χ0v) is 11.2. The predicted octanol–water partition coefficient (Wildman–Crippen LogP) is 1.19. The first-order valence-electron chi connectivity index (χ1n) is 6.00. The van der Waals surface area contributed by atoms with Crippen molar-refractivity contribution in [2.24, 2.45) is 0 Å². The van der Waals surface area contributed by atoms with Crippen LogP contribution in [0.25, 0.3) is 0 Å². The molecule has 2 heterocycles. The summed E-state index contributed by atoms with van der Waals surface area (Å²) < 4.78 is 28.5. The number of nitrogen functional groups attached to an aromatic ring is 1. The second-order valence-corrected chi connectivity index (χ2v) is 6.15. The van der Waals surface area contributed by atoms with Crippen molar-refractivity contribution in [2.75, 3.05) is 17.0 Å². The highest BCUT2D eigenvalue weighted by Crippen LogP contribution is 2.23. The molecule has 100 valence electrons. The van der Waals surface area contributed by atoms with Crippen molar-refractivity contribution in [3.63, 3.8) is 0 Å². The van der Waals surface area contributed by atoms with E-state index in [2.05, 4.69) is 9.71 Å². The summed E-state index contributed by atoms with van der Waals surface area (Å²) in [6.07, 6.45) is 5.81. The minimum Gasteiger partial charge on any atom is -0.396 e. The van der Waals surface area contributed by atoms with Crippen LogP contribution in [0.15, 0.2) is 18.5 Å². The Bertz CT molecular complexity index is 518. The summed E-state index contributed by atoms with van der Waals surface area (Å²) >= 11 is 0. The second-order valence-electron chi connectivity index (χ2n) is 4.53. The molecule has 18 heavy (non-hydrogen) atoms. The number of anilines is 2. The number of nitrogens with one attached hydrogen (secondary N) is 1. The normalized spacial score (nSPS) is 21.7. The van der Waals surface area contributed by atoms with E-state index in [0.29, 0.717) is 17.9 Å². The van der Waals surface area contributed by atoms with Crippen molar-refractivity contribution in [1.82, 2.24) is 9.29 Å². The van der Waals surface area contributed by atoms with E-state index in [1.165, 1.54) is 16.7 Å². The molecule has 0 radical (unpaired) electrons. The molecule has 0 amide bonds. The van der Waals surface area contributed by atoms with Crippen LogP contribution < -0.4 is 10.5 Å². The highest BCUT2D eigenvalue weighted by Gasteiger charge is 2.29. The van der Waals surface area contributed by atoms with E-state index in [-0.39, 0.29) is 6.04 Å². The number of nitrogens with two attached hydrogens (primary N) is 1. The van der Waals surface area contributed by atoms with Gasteiger partial charge in [-0.2, -0.15) is 12.7 Å². The number of rotatable bonds is 3. The molecule has 1 unspecified atom stereocenters. The molecule has 2 rings (SSSR count). The maximum atomic E-state index is 12.3. The van der Waals surface area contributed by atoms with Gasteiger partial charge in [-0.25, -0.2) is 0 Å². The quantitative estimate of drug-likeness (QED) is 0.863. The molecule has 1 aliphatic heterocycles. The Morgan fingerprint density at radius 2 is 2.28 bits per heavy atom. The van der Waals surface area contributed by atoms with E-state index in [0.717, 1.165) is 19.3 Å². The van der Waals surface area contributed by atoms with Gasteiger partial charge in [-0.3, -0.25) is 9.71 Å². The van der Waals surface area contributed by atoms with Gasteiger partial charge in [-0.15, -0.1) is 0 Å². The number of aromatic nitrogens is 1. The van der Waals surface area contributed by atoms with E-state index in [1.54, 1.807) is 6.07 Å². The lowest BCUT2D eigenvalue weighted by Crippen LogP contribution is -2.44. The molecule has 0 aromatic carbocycles. The monoisotopic (exact) mass is 270 g/mol. The minimum atomic E-state index is -3.53. The Balaban J connectivity index is 2.19. The summed E-state index contributed by atoms with van der Waals surface area (Å²) in [6.45, 7) is 2.48. The maximum Gasteiger partial charge on any atom is 0.301 e. The van der Waals surface area contributed by atoms with Crippen LogP contribution in [-0.2, 0) is 10.2 Å². The third-order valence-electron chi connectivity index (χ3n) is 3.14. The number of hydrogen-bond donors (Lipinski definition) is 2. The zero-order valence-electron chi connectivity index (χ0n) is 10.3. The molecule has 1 fully saturated rings. The minimum absolute atomic E-state index is 0.0271. The lowest BCUT2D eigenvalue weighted by molar-refractivity contribution is 0.270. The van der Waals surface area contributed by atoms with Crippen molar-refractivity contribution in [2.45, 2.75) is 32.2 Å². The fourth-order valence-electron chi connectivity index (χ4n) is 2.13. The summed E-state index contributed by atoms with van der Waals surface area (Å²) in [6, 6.07) is 1.58. The first-order chi connectivity index (χ1) is 8.50. The smallest absolute Gasteiger partial charge is 0.301 e. The van der Waals surface area contributed by atoms with Gasteiger partial charge in [0.25, 0.3) is 0 Å². The summed E-state index contributed by atoms with van der Waals surface area (Å²) in [5.74, 6) is 0. The molecule has 1 aromatic heterocycles. The van der Waals surface area contributed by atoms with E-state index in [1.807, 2.05) is 6.92 Å². The molecule has 1 aliphatic rings. The fraction of sp³-hybridized carbons (Fsp3) is 0.545. The van der Waals surface area contributed by atoms with Gasteiger partial charge < -0.3 is 5.73 Å². The van der Waals surface area contributed by atoms with Gasteiger partial charge in [0.15, 0.2) is 0 Å².